The molecule has 1 aliphatic rings. The molecule has 1 saturated carbocycles. The first kappa shape index (κ1) is 17.1. The fourth-order valence-corrected chi connectivity index (χ4v) is 2.76. The summed E-state index contributed by atoms with van der Waals surface area (Å²) in [5.41, 5.74) is 5.53. The molecule has 0 amide bonds. The van der Waals surface area contributed by atoms with Crippen LogP contribution in [0.25, 0.3) is 0 Å². The lowest BCUT2D eigenvalue weighted by Gasteiger charge is -2.37. The molecule has 6 nitrogen and oxygen atoms in total. The zero-order valence-electron chi connectivity index (χ0n) is 13.7. The molecule has 1 atom stereocenters. The molecular weight excluding hydrogens is 282 g/mol. The number of Topliss-reactive ketones (excluding diaryl/α,β-unsaturated/α-hetero) is 1. The summed E-state index contributed by atoms with van der Waals surface area (Å²) in [5, 5.41) is 0. The van der Waals surface area contributed by atoms with Crippen LogP contribution in [0, 0.1) is 0 Å². The Balaban J connectivity index is 2.08. The maximum atomic E-state index is 12.9. The zero-order valence-corrected chi connectivity index (χ0v) is 13.7. The van der Waals surface area contributed by atoms with Crippen LogP contribution in [0.2, 0.25) is 0 Å². The Bertz CT molecular complexity index is 473. The second-order valence-corrected chi connectivity index (χ2v) is 7.07. The molecule has 1 fully saturated rings. The second-order valence-electron chi connectivity index (χ2n) is 7.07. The van der Waals surface area contributed by atoms with Gasteiger partial charge in [-0.15, -0.1) is 0 Å². The van der Waals surface area contributed by atoms with E-state index in [2.05, 4.69) is 9.97 Å². The fourth-order valence-electron chi connectivity index (χ4n) is 2.76. The van der Waals surface area contributed by atoms with E-state index in [0.29, 0.717) is 19.3 Å². The molecule has 1 heterocycles. The van der Waals surface area contributed by atoms with Crippen LogP contribution in [-0.2, 0) is 21.0 Å². The topological polar surface area (TPSA) is 90.2 Å². The molecular formula is C16H27N3O3. The number of aromatic nitrogens is 2. The van der Waals surface area contributed by atoms with Crippen molar-refractivity contribution in [2.75, 3.05) is 0 Å². The number of nitrogens with two attached hydrogens (primary N) is 1. The number of H-pyrrole nitrogens is 1. The second kappa shape index (κ2) is 6.89. The van der Waals surface area contributed by atoms with Crippen molar-refractivity contribution in [3.8, 4) is 0 Å². The van der Waals surface area contributed by atoms with Crippen molar-refractivity contribution in [3.63, 3.8) is 0 Å². The predicted octanol–water partition coefficient (Wildman–Crippen LogP) is 2.30. The third kappa shape index (κ3) is 4.38. The van der Waals surface area contributed by atoms with E-state index in [-0.39, 0.29) is 5.78 Å². The number of rotatable bonds is 6. The standard InChI is InChI=1S/C16H27N3O3/c1-15(2,3)21-22-16(7-5-4-6-8-16)14(20)13(17)9-12-10-18-11-19-12/h10-11,13H,4-9,17H2,1-3H3,(H,18,19)/t13-/m0/s1. The van der Waals surface area contributed by atoms with E-state index in [9.17, 15) is 4.79 Å². The molecule has 2 rings (SSSR count). The third-order valence-corrected chi connectivity index (χ3v) is 3.88. The molecule has 1 aromatic rings. The largest absolute Gasteiger partial charge is 0.351 e. The van der Waals surface area contributed by atoms with Gasteiger partial charge in [0.15, 0.2) is 11.4 Å². The lowest BCUT2D eigenvalue weighted by molar-refractivity contribution is -0.397. The SMILES string of the molecule is CC(C)(C)OOC1(C(=O)[C@@H](N)Cc2c[nH]cn2)CCCCC1. The van der Waals surface area contributed by atoms with Gasteiger partial charge in [0.25, 0.3) is 0 Å². The molecule has 3 N–H and O–H groups in total. The number of hydrogen-bond acceptors (Lipinski definition) is 5. The molecule has 0 aliphatic heterocycles. The van der Waals surface area contributed by atoms with Crippen molar-refractivity contribution in [1.29, 1.82) is 0 Å². The van der Waals surface area contributed by atoms with Crippen LogP contribution in [0.4, 0.5) is 0 Å². The van der Waals surface area contributed by atoms with E-state index in [4.69, 9.17) is 15.5 Å². The molecule has 6 heteroatoms. The van der Waals surface area contributed by atoms with Crippen LogP contribution in [0.3, 0.4) is 0 Å². The molecule has 0 bridgehead atoms. The first-order valence-corrected chi connectivity index (χ1v) is 7.97. The smallest absolute Gasteiger partial charge is 0.184 e. The van der Waals surface area contributed by atoms with Crippen LogP contribution >= 0.6 is 0 Å². The highest BCUT2D eigenvalue weighted by Gasteiger charge is 2.45. The predicted molar refractivity (Wildman–Crippen MR) is 83.0 cm³/mol. The average molecular weight is 309 g/mol. The fraction of sp³-hybridized carbons (Fsp3) is 0.750. The van der Waals surface area contributed by atoms with E-state index in [1.807, 2.05) is 20.8 Å². The van der Waals surface area contributed by atoms with Gasteiger partial charge in [0, 0.05) is 12.6 Å². The van der Waals surface area contributed by atoms with Gasteiger partial charge in [-0.3, -0.25) is 4.79 Å². The monoisotopic (exact) mass is 309 g/mol. The van der Waals surface area contributed by atoms with Crippen LogP contribution < -0.4 is 5.73 Å². The van der Waals surface area contributed by atoms with E-state index in [0.717, 1.165) is 25.0 Å². The van der Waals surface area contributed by atoms with Crippen molar-refractivity contribution in [2.24, 2.45) is 5.73 Å². The highest BCUT2D eigenvalue weighted by Crippen LogP contribution is 2.35. The maximum Gasteiger partial charge on any atom is 0.184 e. The number of imidazole rings is 1. The van der Waals surface area contributed by atoms with E-state index < -0.39 is 17.2 Å². The van der Waals surface area contributed by atoms with Crippen molar-refractivity contribution >= 4 is 5.78 Å². The van der Waals surface area contributed by atoms with Gasteiger partial charge in [-0.05, 0) is 46.5 Å². The quantitative estimate of drug-likeness (QED) is 0.621. The average Bonchev–Trinajstić information content (AvgIpc) is 2.97. The Morgan fingerprint density at radius 1 is 1.41 bits per heavy atom. The zero-order chi connectivity index (χ0) is 16.2. The van der Waals surface area contributed by atoms with Gasteiger partial charge in [-0.25, -0.2) is 14.8 Å². The van der Waals surface area contributed by atoms with Gasteiger partial charge in [0.1, 0.15) is 0 Å². The van der Waals surface area contributed by atoms with Crippen molar-refractivity contribution < 1.29 is 14.6 Å². The van der Waals surface area contributed by atoms with Crippen molar-refractivity contribution in [1.82, 2.24) is 9.97 Å². The Labute approximate surface area is 131 Å². The van der Waals surface area contributed by atoms with Gasteiger partial charge in [0.2, 0.25) is 0 Å². The molecule has 22 heavy (non-hydrogen) atoms. The number of nitrogens with one attached hydrogen (secondary N) is 1. The Morgan fingerprint density at radius 2 is 2.09 bits per heavy atom. The Hall–Kier alpha value is -1.24. The Morgan fingerprint density at radius 3 is 2.64 bits per heavy atom. The lowest BCUT2D eigenvalue weighted by atomic mass is 9.79. The summed E-state index contributed by atoms with van der Waals surface area (Å²) in [5.74, 6) is -0.0838. The van der Waals surface area contributed by atoms with E-state index >= 15 is 0 Å². The number of hydrogen-bond donors (Lipinski definition) is 2. The molecule has 1 aliphatic carbocycles. The highest BCUT2D eigenvalue weighted by molar-refractivity contribution is 5.92. The van der Waals surface area contributed by atoms with Crippen molar-refractivity contribution in [3.05, 3.63) is 18.2 Å². The van der Waals surface area contributed by atoms with Crippen LogP contribution in [0.1, 0.15) is 58.6 Å². The van der Waals surface area contributed by atoms with Crippen molar-refractivity contribution in [2.45, 2.75) is 76.5 Å². The summed E-state index contributed by atoms with van der Waals surface area (Å²) in [6.07, 6.45) is 8.09. The minimum absolute atomic E-state index is 0.0838. The summed E-state index contributed by atoms with van der Waals surface area (Å²) in [6.45, 7) is 5.70. The molecule has 0 unspecified atom stereocenters. The number of carbonyl (C=O) groups excluding carboxylic acids is 1. The third-order valence-electron chi connectivity index (χ3n) is 3.88. The summed E-state index contributed by atoms with van der Waals surface area (Å²) in [7, 11) is 0. The minimum atomic E-state index is -0.915. The van der Waals surface area contributed by atoms with Crippen LogP contribution in [0.5, 0.6) is 0 Å². The molecule has 0 radical (unpaired) electrons. The first-order valence-electron chi connectivity index (χ1n) is 7.97. The number of aromatic amines is 1. The summed E-state index contributed by atoms with van der Waals surface area (Å²) in [6, 6.07) is -0.634. The van der Waals surface area contributed by atoms with Gasteiger partial charge < -0.3 is 10.7 Å². The molecule has 0 saturated heterocycles. The molecule has 124 valence electrons. The molecule has 0 spiro atoms. The van der Waals surface area contributed by atoms with Crippen LogP contribution in [-0.4, -0.2) is 33.0 Å². The number of carbonyl (C=O) groups is 1. The normalized spacial score (nSPS) is 19.8. The molecule has 0 aromatic carbocycles. The summed E-state index contributed by atoms with van der Waals surface area (Å²) < 4.78 is 0. The number of nitrogens with zero attached hydrogens (tertiary/aromatic N) is 1. The first-order chi connectivity index (χ1) is 10.3. The van der Waals surface area contributed by atoms with Gasteiger partial charge in [-0.2, -0.15) is 0 Å². The van der Waals surface area contributed by atoms with E-state index in [1.54, 1.807) is 12.5 Å². The minimum Gasteiger partial charge on any atom is -0.351 e. The molecule has 1 aromatic heterocycles. The maximum absolute atomic E-state index is 12.9. The Kier molecular flexibility index (Phi) is 5.36. The highest BCUT2D eigenvalue weighted by atomic mass is 17.2. The van der Waals surface area contributed by atoms with Crippen LogP contribution in [0.15, 0.2) is 12.5 Å². The van der Waals surface area contributed by atoms with Gasteiger partial charge >= 0.3 is 0 Å². The van der Waals surface area contributed by atoms with Gasteiger partial charge in [0.05, 0.1) is 23.7 Å². The number of ketones is 1. The summed E-state index contributed by atoms with van der Waals surface area (Å²) >= 11 is 0. The summed E-state index contributed by atoms with van der Waals surface area (Å²) in [4.78, 5) is 31.1. The van der Waals surface area contributed by atoms with E-state index in [1.165, 1.54) is 0 Å². The lowest BCUT2D eigenvalue weighted by Crippen LogP contribution is -2.53. The van der Waals surface area contributed by atoms with Gasteiger partial charge in [-0.1, -0.05) is 6.42 Å².